The molecule has 0 radical (unpaired) electrons. The van der Waals surface area contributed by atoms with Crippen LogP contribution >= 0.6 is 0 Å². The topological polar surface area (TPSA) is 104 Å². The van der Waals surface area contributed by atoms with Crippen LogP contribution in [-0.2, 0) is 19.6 Å². The average Bonchev–Trinajstić information content (AvgIpc) is 3.07. The van der Waals surface area contributed by atoms with Crippen molar-refractivity contribution in [1.82, 2.24) is 10.0 Å². The minimum Gasteiger partial charge on any atom is -0.318 e. The number of alkyl halides is 3. The third-order valence-corrected chi connectivity index (χ3v) is 5.16. The Bertz CT molecular complexity index is 843. The molecular formula is C16H18F3N3O4S. The zero-order valence-corrected chi connectivity index (χ0v) is 15.1. The highest BCUT2D eigenvalue weighted by atomic mass is 32.2. The number of sulfonamides is 1. The molecule has 7 nitrogen and oxygen atoms in total. The zero-order chi connectivity index (χ0) is 20.2. The molecule has 1 saturated heterocycles. The van der Waals surface area contributed by atoms with Gasteiger partial charge in [0.1, 0.15) is 0 Å². The monoisotopic (exact) mass is 405 g/mol. The van der Waals surface area contributed by atoms with E-state index in [1.165, 1.54) is 6.92 Å². The van der Waals surface area contributed by atoms with Gasteiger partial charge in [-0.15, -0.1) is 0 Å². The molecule has 1 aromatic carbocycles. The van der Waals surface area contributed by atoms with Crippen LogP contribution in [0.5, 0.6) is 0 Å². The zero-order valence-electron chi connectivity index (χ0n) is 14.3. The Kier molecular flexibility index (Phi) is 6.26. The van der Waals surface area contributed by atoms with Gasteiger partial charge in [-0.3, -0.25) is 9.59 Å². The van der Waals surface area contributed by atoms with E-state index in [0.717, 1.165) is 43.7 Å². The van der Waals surface area contributed by atoms with E-state index in [0.29, 0.717) is 0 Å². The predicted molar refractivity (Wildman–Crippen MR) is 91.2 cm³/mol. The van der Waals surface area contributed by atoms with Crippen LogP contribution in [0.2, 0.25) is 0 Å². The highest BCUT2D eigenvalue weighted by molar-refractivity contribution is 7.90. The van der Waals surface area contributed by atoms with E-state index in [1.807, 2.05) is 4.72 Å². The molecule has 2 rings (SSSR count). The maximum absolute atomic E-state index is 12.2. The first kappa shape index (κ1) is 20.9. The lowest BCUT2D eigenvalue weighted by atomic mass is 10.1. The van der Waals surface area contributed by atoms with E-state index in [2.05, 4.69) is 5.32 Å². The van der Waals surface area contributed by atoms with Crippen LogP contribution < -0.4 is 15.4 Å². The number of carbonyl (C=O) groups is 2. The molecule has 11 heteroatoms. The average molecular weight is 405 g/mol. The van der Waals surface area contributed by atoms with E-state index >= 15 is 0 Å². The van der Waals surface area contributed by atoms with E-state index in [1.54, 1.807) is 11.4 Å². The molecule has 0 unspecified atom stereocenters. The molecule has 1 heterocycles. The molecular weight excluding hydrogens is 387 g/mol. The fraction of sp³-hybridized carbons (Fsp3) is 0.375. The number of benzene rings is 1. The standard InChI is InChI=1S/C16H18F3N3O4S/c1-10(9-12-3-2-8-20-12)14(23)22-27(25,26)13-6-4-11(5-7-13)21-15(24)16(17,18)19/h4-7,9,12,20H,2-3,8H2,1H3,(H,21,24)(H,22,23)/t12-/m0/s1. The van der Waals surface area contributed by atoms with E-state index < -0.39 is 28.0 Å². The van der Waals surface area contributed by atoms with Gasteiger partial charge in [0, 0.05) is 17.3 Å². The number of amides is 2. The number of hydrogen-bond acceptors (Lipinski definition) is 5. The summed E-state index contributed by atoms with van der Waals surface area (Å²) in [5.41, 5.74) is -0.00183. The van der Waals surface area contributed by atoms with E-state index in [4.69, 9.17) is 0 Å². The largest absolute Gasteiger partial charge is 0.471 e. The Labute approximate surface area is 154 Å². The summed E-state index contributed by atoms with van der Waals surface area (Å²) in [7, 11) is -4.21. The van der Waals surface area contributed by atoms with Crippen molar-refractivity contribution in [3.8, 4) is 0 Å². The highest BCUT2D eigenvalue weighted by Crippen LogP contribution is 2.20. The first-order valence-corrected chi connectivity index (χ1v) is 9.44. The van der Waals surface area contributed by atoms with Gasteiger partial charge in [0.05, 0.1) is 4.90 Å². The molecule has 27 heavy (non-hydrogen) atoms. The lowest BCUT2D eigenvalue weighted by Crippen LogP contribution is -2.32. The minimum atomic E-state index is -5.06. The molecule has 1 aliphatic heterocycles. The summed E-state index contributed by atoms with van der Waals surface area (Å²) in [6.45, 7) is 2.31. The van der Waals surface area contributed by atoms with Crippen molar-refractivity contribution in [3.05, 3.63) is 35.9 Å². The van der Waals surface area contributed by atoms with Crippen molar-refractivity contribution in [2.24, 2.45) is 0 Å². The summed E-state index contributed by atoms with van der Waals surface area (Å²) in [5, 5.41) is 4.75. The number of hydrogen-bond donors (Lipinski definition) is 3. The SMILES string of the molecule is CC(=C[C@@H]1CCCN1)C(=O)NS(=O)(=O)c1ccc(NC(=O)C(F)(F)F)cc1. The quantitative estimate of drug-likeness (QED) is 0.647. The number of rotatable bonds is 5. The third kappa shape index (κ3) is 5.79. The molecule has 3 N–H and O–H groups in total. The Morgan fingerprint density at radius 1 is 1.22 bits per heavy atom. The lowest BCUT2D eigenvalue weighted by Gasteiger charge is -2.11. The van der Waals surface area contributed by atoms with Crippen LogP contribution in [0.4, 0.5) is 18.9 Å². The first-order valence-electron chi connectivity index (χ1n) is 7.96. The summed E-state index contributed by atoms with van der Waals surface area (Å²) >= 11 is 0. The van der Waals surface area contributed by atoms with Gasteiger partial charge in [0.15, 0.2) is 0 Å². The molecule has 1 atom stereocenters. The molecule has 0 spiro atoms. The van der Waals surface area contributed by atoms with Crippen LogP contribution in [0.25, 0.3) is 0 Å². The number of nitrogens with one attached hydrogen (secondary N) is 3. The first-order chi connectivity index (χ1) is 12.5. The Hall–Kier alpha value is -2.40. The smallest absolute Gasteiger partial charge is 0.318 e. The molecule has 2 amide bonds. The maximum Gasteiger partial charge on any atom is 0.471 e. The number of anilines is 1. The van der Waals surface area contributed by atoms with Crippen LogP contribution in [-0.4, -0.2) is 39.0 Å². The van der Waals surface area contributed by atoms with Gasteiger partial charge in [0.25, 0.3) is 15.9 Å². The highest BCUT2D eigenvalue weighted by Gasteiger charge is 2.38. The van der Waals surface area contributed by atoms with Gasteiger partial charge in [-0.05, 0) is 50.6 Å². The fourth-order valence-electron chi connectivity index (χ4n) is 2.41. The lowest BCUT2D eigenvalue weighted by molar-refractivity contribution is -0.167. The predicted octanol–water partition coefficient (Wildman–Crippen LogP) is 1.69. The van der Waals surface area contributed by atoms with Crippen LogP contribution in [0, 0.1) is 0 Å². The second-order valence-corrected chi connectivity index (χ2v) is 7.65. The van der Waals surface area contributed by atoms with Gasteiger partial charge >= 0.3 is 12.1 Å². The normalized spacial score (nSPS) is 18.2. The second-order valence-electron chi connectivity index (χ2n) is 5.96. The van der Waals surface area contributed by atoms with Gasteiger partial charge in [0.2, 0.25) is 0 Å². The summed E-state index contributed by atoms with van der Waals surface area (Å²) in [5.74, 6) is -2.97. The van der Waals surface area contributed by atoms with Gasteiger partial charge in [-0.1, -0.05) is 6.08 Å². The van der Waals surface area contributed by atoms with Crippen molar-refractivity contribution in [1.29, 1.82) is 0 Å². The fourth-order valence-corrected chi connectivity index (χ4v) is 3.43. The van der Waals surface area contributed by atoms with Crippen LogP contribution in [0.15, 0.2) is 40.8 Å². The van der Waals surface area contributed by atoms with Crippen LogP contribution in [0.3, 0.4) is 0 Å². The number of halogens is 3. The Balaban J connectivity index is 2.05. The summed E-state index contributed by atoms with van der Waals surface area (Å²) in [4.78, 5) is 22.6. The van der Waals surface area contributed by atoms with E-state index in [-0.39, 0.29) is 22.2 Å². The van der Waals surface area contributed by atoms with Gasteiger partial charge < -0.3 is 10.6 Å². The Morgan fingerprint density at radius 3 is 2.37 bits per heavy atom. The molecule has 0 bridgehead atoms. The summed E-state index contributed by atoms with van der Waals surface area (Å²) < 4.78 is 63.0. The molecule has 1 fully saturated rings. The summed E-state index contributed by atoms with van der Waals surface area (Å²) in [6, 6.07) is 3.97. The minimum absolute atomic E-state index is 0.00924. The third-order valence-electron chi connectivity index (χ3n) is 3.81. The summed E-state index contributed by atoms with van der Waals surface area (Å²) in [6.07, 6.45) is -1.60. The molecule has 0 saturated carbocycles. The molecule has 0 aliphatic carbocycles. The van der Waals surface area contributed by atoms with Crippen molar-refractivity contribution >= 4 is 27.5 Å². The van der Waals surface area contributed by atoms with Crippen molar-refractivity contribution < 1.29 is 31.2 Å². The van der Waals surface area contributed by atoms with E-state index in [9.17, 15) is 31.2 Å². The Morgan fingerprint density at radius 2 is 1.85 bits per heavy atom. The molecule has 1 aromatic rings. The molecule has 0 aromatic heterocycles. The maximum atomic E-state index is 12.2. The van der Waals surface area contributed by atoms with Crippen LogP contribution in [0.1, 0.15) is 19.8 Å². The van der Waals surface area contributed by atoms with Gasteiger partial charge in [-0.25, -0.2) is 13.1 Å². The van der Waals surface area contributed by atoms with Crippen molar-refractivity contribution in [2.75, 3.05) is 11.9 Å². The molecule has 1 aliphatic rings. The second kappa shape index (κ2) is 8.09. The van der Waals surface area contributed by atoms with Crippen molar-refractivity contribution in [2.45, 2.75) is 36.9 Å². The molecule has 148 valence electrons. The van der Waals surface area contributed by atoms with Crippen molar-refractivity contribution in [3.63, 3.8) is 0 Å². The number of carbonyl (C=O) groups excluding carboxylic acids is 2. The van der Waals surface area contributed by atoms with Gasteiger partial charge in [-0.2, -0.15) is 13.2 Å².